The predicted molar refractivity (Wildman–Crippen MR) is 76.7 cm³/mol. The van der Waals surface area contributed by atoms with E-state index in [-0.39, 0.29) is 17.3 Å². The summed E-state index contributed by atoms with van der Waals surface area (Å²) in [6.45, 7) is 3.85. The number of nitriles is 1. The number of thiazole rings is 1. The second-order valence-electron chi connectivity index (χ2n) is 4.29. The minimum Gasteiger partial charge on any atom is -0.375 e. The molecule has 20 heavy (non-hydrogen) atoms. The number of aromatic nitrogens is 1. The van der Waals surface area contributed by atoms with Gasteiger partial charge in [0.1, 0.15) is 11.1 Å². The molecule has 2 aromatic rings. The monoisotopic (exact) mass is 288 g/mol. The van der Waals surface area contributed by atoms with Crippen LogP contribution in [0.1, 0.15) is 29.2 Å². The molecule has 0 aliphatic heterocycles. The van der Waals surface area contributed by atoms with E-state index >= 15 is 0 Å². The van der Waals surface area contributed by atoms with E-state index in [2.05, 4.69) is 10.3 Å². The van der Waals surface area contributed by atoms with Crippen LogP contribution in [0.4, 0.5) is 11.4 Å². The zero-order valence-electron chi connectivity index (χ0n) is 11.0. The third-order valence-electron chi connectivity index (χ3n) is 2.71. The van der Waals surface area contributed by atoms with Crippen LogP contribution in [-0.4, -0.2) is 9.91 Å². The first kappa shape index (κ1) is 14.0. The van der Waals surface area contributed by atoms with E-state index in [4.69, 9.17) is 5.26 Å². The summed E-state index contributed by atoms with van der Waals surface area (Å²) in [5, 5.41) is 25.8. The average molecular weight is 288 g/mol. The van der Waals surface area contributed by atoms with Crippen LogP contribution in [-0.2, 0) is 0 Å². The second kappa shape index (κ2) is 5.67. The first-order chi connectivity index (χ1) is 9.51. The van der Waals surface area contributed by atoms with Gasteiger partial charge in [-0.15, -0.1) is 11.3 Å². The van der Waals surface area contributed by atoms with Gasteiger partial charge in [0.25, 0.3) is 5.69 Å². The van der Waals surface area contributed by atoms with E-state index in [1.54, 1.807) is 6.07 Å². The predicted octanol–water partition coefficient (Wildman–Crippen LogP) is 3.40. The summed E-state index contributed by atoms with van der Waals surface area (Å²) in [6, 6.07) is 6.09. The van der Waals surface area contributed by atoms with Crippen molar-refractivity contribution in [2.45, 2.75) is 19.9 Å². The summed E-state index contributed by atoms with van der Waals surface area (Å²) in [5.41, 5.74) is 1.67. The summed E-state index contributed by atoms with van der Waals surface area (Å²) in [6.07, 6.45) is 0. The van der Waals surface area contributed by atoms with Crippen molar-refractivity contribution in [3.63, 3.8) is 0 Å². The molecule has 0 amide bonds. The van der Waals surface area contributed by atoms with Gasteiger partial charge in [-0.2, -0.15) is 5.26 Å². The minimum absolute atomic E-state index is 0.0674. The molecule has 102 valence electrons. The first-order valence-electron chi connectivity index (χ1n) is 5.88. The van der Waals surface area contributed by atoms with E-state index in [0.717, 1.165) is 10.7 Å². The zero-order chi connectivity index (χ0) is 14.7. The molecule has 1 N–H and O–H groups in total. The van der Waals surface area contributed by atoms with Gasteiger partial charge in [0.2, 0.25) is 0 Å². The molecule has 1 aromatic carbocycles. The lowest BCUT2D eigenvalue weighted by atomic mass is 10.1. The van der Waals surface area contributed by atoms with Gasteiger partial charge in [-0.1, -0.05) is 0 Å². The highest BCUT2D eigenvalue weighted by Crippen LogP contribution is 2.26. The van der Waals surface area contributed by atoms with Gasteiger partial charge in [0.05, 0.1) is 22.2 Å². The van der Waals surface area contributed by atoms with Gasteiger partial charge >= 0.3 is 0 Å². The number of anilines is 1. The van der Waals surface area contributed by atoms with Crippen molar-refractivity contribution in [1.82, 2.24) is 4.98 Å². The fourth-order valence-electron chi connectivity index (χ4n) is 1.73. The van der Waals surface area contributed by atoms with Crippen LogP contribution >= 0.6 is 11.3 Å². The molecule has 6 nitrogen and oxygen atoms in total. The van der Waals surface area contributed by atoms with E-state index < -0.39 is 4.92 Å². The summed E-state index contributed by atoms with van der Waals surface area (Å²) >= 11 is 1.53. The maximum absolute atomic E-state index is 10.7. The maximum Gasteiger partial charge on any atom is 0.270 e. The quantitative estimate of drug-likeness (QED) is 0.687. The highest BCUT2D eigenvalue weighted by atomic mass is 32.1. The highest BCUT2D eigenvalue weighted by Gasteiger charge is 2.14. The number of rotatable bonds is 4. The fourth-order valence-corrected chi connectivity index (χ4v) is 2.53. The third kappa shape index (κ3) is 2.92. The number of hydrogen-bond donors (Lipinski definition) is 1. The van der Waals surface area contributed by atoms with Gasteiger partial charge in [-0.05, 0) is 19.9 Å². The van der Waals surface area contributed by atoms with Crippen molar-refractivity contribution in [3.05, 3.63) is 50.0 Å². The fraction of sp³-hybridized carbons (Fsp3) is 0.231. The van der Waals surface area contributed by atoms with Crippen LogP contribution < -0.4 is 5.32 Å². The molecule has 7 heteroatoms. The van der Waals surface area contributed by atoms with Crippen molar-refractivity contribution >= 4 is 22.7 Å². The molecule has 0 spiro atoms. The lowest BCUT2D eigenvalue weighted by Gasteiger charge is -2.13. The summed E-state index contributed by atoms with van der Waals surface area (Å²) in [7, 11) is 0. The summed E-state index contributed by atoms with van der Waals surface area (Å²) in [4.78, 5) is 14.6. The lowest BCUT2D eigenvalue weighted by molar-refractivity contribution is -0.384. The summed E-state index contributed by atoms with van der Waals surface area (Å²) < 4.78 is 0. The number of non-ortho nitro benzene ring substituents is 1. The molecule has 0 saturated heterocycles. The van der Waals surface area contributed by atoms with E-state index in [1.807, 2.05) is 25.3 Å². The molecule has 0 fully saturated rings. The van der Waals surface area contributed by atoms with Crippen LogP contribution in [0.2, 0.25) is 0 Å². The Labute approximate surface area is 119 Å². The van der Waals surface area contributed by atoms with Crippen LogP contribution in [0.5, 0.6) is 0 Å². The van der Waals surface area contributed by atoms with Gasteiger partial charge in [-0.3, -0.25) is 10.1 Å². The topological polar surface area (TPSA) is 91.9 Å². The molecule has 1 heterocycles. The number of nitrogens with zero attached hydrogens (tertiary/aromatic N) is 3. The molecule has 0 bridgehead atoms. The average Bonchev–Trinajstić information content (AvgIpc) is 2.85. The highest BCUT2D eigenvalue weighted by molar-refractivity contribution is 7.09. The van der Waals surface area contributed by atoms with Gasteiger partial charge in [0.15, 0.2) is 0 Å². The largest absolute Gasteiger partial charge is 0.375 e. The van der Waals surface area contributed by atoms with Gasteiger partial charge < -0.3 is 5.32 Å². The number of benzene rings is 1. The number of hydrogen-bond acceptors (Lipinski definition) is 6. The van der Waals surface area contributed by atoms with Crippen molar-refractivity contribution in [2.75, 3.05) is 5.32 Å². The number of nitro groups is 1. The summed E-state index contributed by atoms with van der Waals surface area (Å²) in [5.74, 6) is 0. The Morgan fingerprint density at radius 1 is 1.55 bits per heavy atom. The number of nitrogens with one attached hydrogen (secondary N) is 1. The zero-order valence-corrected chi connectivity index (χ0v) is 11.8. The van der Waals surface area contributed by atoms with Crippen LogP contribution in [0.25, 0.3) is 0 Å². The number of aryl methyl sites for hydroxylation is 1. The van der Waals surface area contributed by atoms with E-state index in [9.17, 15) is 10.1 Å². The Morgan fingerprint density at radius 2 is 2.30 bits per heavy atom. The molecule has 1 aromatic heterocycles. The van der Waals surface area contributed by atoms with Crippen molar-refractivity contribution < 1.29 is 4.92 Å². The van der Waals surface area contributed by atoms with Crippen LogP contribution in [0.15, 0.2) is 23.6 Å². The van der Waals surface area contributed by atoms with Gasteiger partial charge in [0, 0.05) is 23.2 Å². The van der Waals surface area contributed by atoms with Crippen LogP contribution in [0, 0.1) is 28.4 Å². The molecule has 2 rings (SSSR count). The van der Waals surface area contributed by atoms with E-state index in [1.165, 1.54) is 23.5 Å². The smallest absolute Gasteiger partial charge is 0.270 e. The Morgan fingerprint density at radius 3 is 2.85 bits per heavy atom. The van der Waals surface area contributed by atoms with Gasteiger partial charge in [-0.25, -0.2) is 4.98 Å². The molecule has 1 atom stereocenters. The molecule has 0 aliphatic rings. The Kier molecular flexibility index (Phi) is 3.96. The van der Waals surface area contributed by atoms with E-state index in [0.29, 0.717) is 5.69 Å². The second-order valence-corrected chi connectivity index (χ2v) is 5.18. The maximum atomic E-state index is 10.7. The van der Waals surface area contributed by atoms with Crippen molar-refractivity contribution in [2.24, 2.45) is 0 Å². The SMILES string of the molecule is Cc1csc(C(C)Nc2ccc([N+](=O)[O-])cc2C#N)n1. The Balaban J connectivity index is 2.25. The molecular weight excluding hydrogens is 276 g/mol. The third-order valence-corrected chi connectivity index (χ3v) is 3.86. The normalized spacial score (nSPS) is 11.7. The molecule has 0 saturated carbocycles. The van der Waals surface area contributed by atoms with Crippen molar-refractivity contribution in [1.29, 1.82) is 5.26 Å². The molecule has 0 aliphatic carbocycles. The molecular formula is C13H12N4O2S. The Hall–Kier alpha value is -2.46. The first-order valence-corrected chi connectivity index (χ1v) is 6.76. The minimum atomic E-state index is -0.516. The number of nitro benzene ring substituents is 1. The van der Waals surface area contributed by atoms with Crippen LogP contribution in [0.3, 0.4) is 0 Å². The molecule has 1 unspecified atom stereocenters. The molecule has 0 radical (unpaired) electrons. The lowest BCUT2D eigenvalue weighted by Crippen LogP contribution is -2.07. The standard InChI is InChI=1S/C13H12N4O2S/c1-8-7-20-13(15-8)9(2)16-12-4-3-11(17(18)19)5-10(12)6-14/h3-5,7,9,16H,1-2H3. The Bertz CT molecular complexity index is 690. The van der Waals surface area contributed by atoms with Crippen molar-refractivity contribution in [3.8, 4) is 6.07 Å².